The first-order valence-corrected chi connectivity index (χ1v) is 8.63. The Morgan fingerprint density at radius 2 is 2.21 bits per heavy atom. The maximum atomic E-state index is 14.4. The van der Waals surface area contributed by atoms with Gasteiger partial charge in [0.25, 0.3) is 0 Å². The van der Waals surface area contributed by atoms with Crippen LogP contribution in [0.5, 0.6) is 5.75 Å². The summed E-state index contributed by atoms with van der Waals surface area (Å²) in [5.74, 6) is -1.32. The van der Waals surface area contributed by atoms with Crippen LogP contribution in [0.15, 0.2) is 17.0 Å². The lowest BCUT2D eigenvalue weighted by atomic mass is 9.77. The van der Waals surface area contributed by atoms with E-state index in [1.165, 1.54) is 6.07 Å². The van der Waals surface area contributed by atoms with Gasteiger partial charge < -0.3 is 19.5 Å². The topological polar surface area (TPSA) is 76.0 Å². The van der Waals surface area contributed by atoms with E-state index in [2.05, 4.69) is 0 Å². The smallest absolute Gasteiger partial charge is 0.526 e. The van der Waals surface area contributed by atoms with Gasteiger partial charge in [-0.1, -0.05) is 6.07 Å². The molecule has 0 aromatic heterocycles. The number of hydrogen-bond donors (Lipinski definition) is 2. The summed E-state index contributed by atoms with van der Waals surface area (Å²) in [6.07, 6.45) is 0.298. The van der Waals surface area contributed by atoms with Gasteiger partial charge in [-0.25, -0.2) is 4.79 Å². The van der Waals surface area contributed by atoms with Gasteiger partial charge >= 0.3 is 18.3 Å². The number of rotatable bonds is 4. The van der Waals surface area contributed by atoms with Crippen LogP contribution < -0.4 is 4.65 Å². The lowest BCUT2D eigenvalue weighted by molar-refractivity contribution is -0.0476. The fourth-order valence-corrected chi connectivity index (χ4v) is 4.47. The molecular weight excluding hydrogens is 341 g/mol. The summed E-state index contributed by atoms with van der Waals surface area (Å²) in [4.78, 5) is 11.6. The average Bonchev–Trinajstić information content (AvgIpc) is 3.11. The second-order valence-electron chi connectivity index (χ2n) is 6.34. The number of carbonyl (C=O) groups is 1. The molecule has 3 unspecified atom stereocenters. The maximum absolute atomic E-state index is 14.4. The Hall–Kier alpha value is -1.32. The fourth-order valence-electron chi connectivity index (χ4n) is 3.44. The third-order valence-electron chi connectivity index (χ3n) is 4.76. The summed E-state index contributed by atoms with van der Waals surface area (Å²) in [5, 5.41) is 16.2. The van der Waals surface area contributed by atoms with Gasteiger partial charge in [0.1, 0.15) is 17.4 Å². The molecule has 2 heterocycles. The highest BCUT2D eigenvalue weighted by Crippen LogP contribution is 2.61. The van der Waals surface area contributed by atoms with Gasteiger partial charge in [0.05, 0.1) is 0 Å². The molecule has 2 aliphatic heterocycles. The van der Waals surface area contributed by atoms with Crippen molar-refractivity contribution < 1.29 is 33.1 Å². The number of hydrogen-bond acceptors (Lipinski definition) is 5. The predicted molar refractivity (Wildman–Crippen MR) is 82.9 cm³/mol. The summed E-state index contributed by atoms with van der Waals surface area (Å²) in [6.45, 7) is 0.287. The Bertz CT molecular complexity index is 695. The minimum Gasteiger partial charge on any atom is -0.535 e. The van der Waals surface area contributed by atoms with E-state index in [1.54, 1.807) is 6.07 Å². The van der Waals surface area contributed by atoms with Gasteiger partial charge in [-0.15, -0.1) is 0 Å². The molecule has 0 amide bonds. The summed E-state index contributed by atoms with van der Waals surface area (Å²) < 4.78 is 39.2. The van der Waals surface area contributed by atoms with Crippen molar-refractivity contribution in [1.29, 1.82) is 0 Å². The van der Waals surface area contributed by atoms with Crippen molar-refractivity contribution in [1.82, 2.24) is 0 Å². The normalized spacial score (nSPS) is 28.1. The molecule has 2 fully saturated rings. The van der Waals surface area contributed by atoms with Crippen LogP contribution in [0.1, 0.15) is 41.1 Å². The van der Waals surface area contributed by atoms with Gasteiger partial charge in [-0.2, -0.15) is 8.78 Å². The van der Waals surface area contributed by atoms with Crippen molar-refractivity contribution in [2.45, 2.75) is 47.3 Å². The number of ether oxygens (including phenoxy) is 1. The molecule has 1 aromatic rings. The number of benzene rings is 1. The Kier molecular flexibility index (Phi) is 3.78. The molecule has 9 heteroatoms. The molecular formula is C15H15BF2O5S. The number of fused-ring (bicyclic) bond motifs is 3. The van der Waals surface area contributed by atoms with E-state index in [4.69, 9.17) is 9.39 Å². The van der Waals surface area contributed by atoms with Crippen LogP contribution in [0.25, 0.3) is 0 Å². The number of thioether (sulfide) groups is 1. The molecule has 1 aromatic carbocycles. The molecule has 24 heavy (non-hydrogen) atoms. The minimum absolute atomic E-state index is 0.0156. The SMILES string of the molecule is O=C(O)c1c(SC(F)(F)C2CCCO2)ccc2c1OB(O)C1CC21. The fraction of sp³-hybridized carbons (Fsp3) is 0.533. The van der Waals surface area contributed by atoms with E-state index in [9.17, 15) is 23.7 Å². The minimum atomic E-state index is -3.23. The van der Waals surface area contributed by atoms with Gasteiger partial charge in [-0.3, -0.25) is 0 Å². The zero-order valence-electron chi connectivity index (χ0n) is 12.6. The maximum Gasteiger partial charge on any atom is 0.526 e. The lowest BCUT2D eigenvalue weighted by Gasteiger charge is -2.25. The second-order valence-corrected chi connectivity index (χ2v) is 7.53. The average molecular weight is 356 g/mol. The van der Waals surface area contributed by atoms with Crippen molar-refractivity contribution >= 4 is 24.8 Å². The number of carboxylic acid groups (broad SMARTS) is 1. The highest BCUT2D eigenvalue weighted by atomic mass is 32.2. The highest BCUT2D eigenvalue weighted by Gasteiger charge is 2.55. The molecule has 128 valence electrons. The van der Waals surface area contributed by atoms with E-state index >= 15 is 0 Å². The highest BCUT2D eigenvalue weighted by molar-refractivity contribution is 8.00. The van der Waals surface area contributed by atoms with E-state index in [0.29, 0.717) is 18.4 Å². The molecule has 5 nitrogen and oxygen atoms in total. The standard InChI is InChI=1S/C15H15BF2O5S/c17-15(18,11-2-1-5-22-11)24-10-4-3-7-8-6-9(8)16(21)23-13(7)12(10)14(19)20/h3-4,8-9,11,21H,1-2,5-6H2,(H,19,20). The third-order valence-corrected chi connectivity index (χ3v) is 5.85. The summed E-state index contributed by atoms with van der Waals surface area (Å²) in [6, 6.07) is 3.04. The Labute approximate surface area is 141 Å². The number of carboxylic acids is 1. The summed E-state index contributed by atoms with van der Waals surface area (Å²) in [5.41, 5.74) is 0.368. The zero-order chi connectivity index (χ0) is 17.1. The van der Waals surface area contributed by atoms with E-state index in [1.807, 2.05) is 0 Å². The molecule has 1 saturated heterocycles. The van der Waals surface area contributed by atoms with Gasteiger partial charge in [0.15, 0.2) is 0 Å². The van der Waals surface area contributed by atoms with Crippen molar-refractivity contribution in [3.8, 4) is 5.75 Å². The van der Waals surface area contributed by atoms with E-state index in [-0.39, 0.29) is 52.7 Å². The van der Waals surface area contributed by atoms with Crippen LogP contribution in [-0.2, 0) is 4.74 Å². The Morgan fingerprint density at radius 3 is 2.88 bits per heavy atom. The van der Waals surface area contributed by atoms with Gasteiger partial charge in [-0.05, 0) is 48.6 Å². The number of aromatic carboxylic acids is 1. The van der Waals surface area contributed by atoms with Crippen LogP contribution in [0, 0.1) is 0 Å². The Morgan fingerprint density at radius 1 is 1.42 bits per heavy atom. The first kappa shape index (κ1) is 16.2. The van der Waals surface area contributed by atoms with Crippen LogP contribution in [-0.4, -0.2) is 41.2 Å². The van der Waals surface area contributed by atoms with Crippen LogP contribution in [0.4, 0.5) is 8.78 Å². The van der Waals surface area contributed by atoms with Crippen LogP contribution >= 0.6 is 11.8 Å². The van der Waals surface area contributed by atoms with Crippen molar-refractivity contribution in [3.05, 3.63) is 23.3 Å². The molecule has 0 bridgehead atoms. The van der Waals surface area contributed by atoms with E-state index in [0.717, 1.165) is 0 Å². The first-order chi connectivity index (χ1) is 11.4. The first-order valence-electron chi connectivity index (χ1n) is 7.82. The molecule has 3 atom stereocenters. The molecule has 1 saturated carbocycles. The molecule has 1 aliphatic carbocycles. The van der Waals surface area contributed by atoms with E-state index < -0.39 is 24.4 Å². The largest absolute Gasteiger partial charge is 0.535 e. The third kappa shape index (κ3) is 2.58. The van der Waals surface area contributed by atoms with Crippen molar-refractivity contribution in [3.63, 3.8) is 0 Å². The van der Waals surface area contributed by atoms with Crippen LogP contribution in [0.3, 0.4) is 0 Å². The van der Waals surface area contributed by atoms with Gasteiger partial charge in [0.2, 0.25) is 0 Å². The monoisotopic (exact) mass is 356 g/mol. The van der Waals surface area contributed by atoms with Crippen LogP contribution in [0.2, 0.25) is 5.82 Å². The Balaban J connectivity index is 1.71. The lowest BCUT2D eigenvalue weighted by Crippen LogP contribution is -2.30. The predicted octanol–water partition coefficient (Wildman–Crippen LogP) is 2.98. The quantitative estimate of drug-likeness (QED) is 0.638. The van der Waals surface area contributed by atoms with Gasteiger partial charge in [0, 0.05) is 17.3 Å². The molecule has 0 radical (unpaired) electrons. The summed E-state index contributed by atoms with van der Waals surface area (Å²) >= 11 is 0.186. The molecule has 0 spiro atoms. The molecule has 4 rings (SSSR count). The number of halogens is 2. The second kappa shape index (κ2) is 5.61. The molecule has 3 aliphatic rings. The zero-order valence-corrected chi connectivity index (χ0v) is 13.4. The summed E-state index contributed by atoms with van der Waals surface area (Å²) in [7, 11) is -1.08. The molecule has 2 N–H and O–H groups in total. The van der Waals surface area contributed by atoms with Crippen molar-refractivity contribution in [2.75, 3.05) is 6.61 Å². The number of alkyl halides is 2. The van der Waals surface area contributed by atoms with Crippen molar-refractivity contribution in [2.24, 2.45) is 0 Å².